The molecule has 25 heavy (non-hydrogen) atoms. The minimum atomic E-state index is -0.659. The van der Waals surface area contributed by atoms with Crippen LogP contribution in [0.5, 0.6) is 11.5 Å². The van der Waals surface area contributed by atoms with Gasteiger partial charge in [-0.25, -0.2) is 0 Å². The molecule has 0 radical (unpaired) electrons. The summed E-state index contributed by atoms with van der Waals surface area (Å²) in [6.45, 7) is 2.35. The molecule has 0 fully saturated rings. The van der Waals surface area contributed by atoms with E-state index in [0.29, 0.717) is 18.0 Å². The van der Waals surface area contributed by atoms with Gasteiger partial charge in [0.2, 0.25) is 6.10 Å². The van der Waals surface area contributed by atoms with Crippen LogP contribution in [0.2, 0.25) is 0 Å². The average Bonchev–Trinajstić information content (AvgIpc) is 2.61. The van der Waals surface area contributed by atoms with Gasteiger partial charge in [-0.2, -0.15) is 0 Å². The van der Waals surface area contributed by atoms with E-state index in [0.717, 1.165) is 5.56 Å². The van der Waals surface area contributed by atoms with Crippen LogP contribution in [0.15, 0.2) is 54.6 Å². The van der Waals surface area contributed by atoms with Gasteiger partial charge in [-0.3, -0.25) is 4.79 Å². The molecule has 0 spiro atoms. The molecule has 0 aliphatic carbocycles. The number of carbonyl (C=O) groups is 1. The molecule has 1 aliphatic rings. The van der Waals surface area contributed by atoms with Gasteiger partial charge in [-0.15, -0.1) is 0 Å². The first-order valence-electron chi connectivity index (χ1n) is 8.47. The van der Waals surface area contributed by atoms with E-state index in [4.69, 9.17) is 9.47 Å². The van der Waals surface area contributed by atoms with Gasteiger partial charge in [0.25, 0.3) is 5.91 Å². The Balaban J connectivity index is 1.66. The highest BCUT2D eigenvalue weighted by Gasteiger charge is 2.34. The summed E-state index contributed by atoms with van der Waals surface area (Å²) in [5, 5.41) is 3.01. The number of hydrogen-bond acceptors (Lipinski definition) is 4. The highest BCUT2D eigenvalue weighted by molar-refractivity contribution is 5.82. The van der Waals surface area contributed by atoms with E-state index in [-0.39, 0.29) is 18.1 Å². The monoisotopic (exact) mass is 340 g/mol. The largest absolute Gasteiger partial charge is 0.482 e. The quantitative estimate of drug-likeness (QED) is 0.909. The lowest BCUT2D eigenvalue weighted by Gasteiger charge is -2.32. The predicted octanol–water partition coefficient (Wildman–Crippen LogP) is 2.63. The van der Waals surface area contributed by atoms with Gasteiger partial charge >= 0.3 is 0 Å². The van der Waals surface area contributed by atoms with Crippen LogP contribution in [0.1, 0.15) is 18.5 Å². The zero-order valence-corrected chi connectivity index (χ0v) is 14.8. The van der Waals surface area contributed by atoms with E-state index in [1.165, 1.54) is 0 Å². The molecule has 0 saturated heterocycles. The second kappa shape index (κ2) is 7.57. The van der Waals surface area contributed by atoms with E-state index >= 15 is 0 Å². The number of amides is 1. The predicted molar refractivity (Wildman–Crippen MR) is 96.8 cm³/mol. The Kier molecular flexibility index (Phi) is 5.24. The summed E-state index contributed by atoms with van der Waals surface area (Å²) >= 11 is 0. The van der Waals surface area contributed by atoms with Gasteiger partial charge in [0, 0.05) is 6.54 Å². The summed E-state index contributed by atoms with van der Waals surface area (Å²) in [5.74, 6) is 1.12. The Morgan fingerprint density at radius 2 is 1.64 bits per heavy atom. The normalized spacial score (nSPS) is 20.2. The first-order chi connectivity index (χ1) is 12.1. The van der Waals surface area contributed by atoms with E-state index in [9.17, 15) is 4.79 Å². The van der Waals surface area contributed by atoms with Crippen molar-refractivity contribution >= 4 is 5.91 Å². The van der Waals surface area contributed by atoms with Crippen molar-refractivity contribution in [1.82, 2.24) is 10.2 Å². The molecule has 1 heterocycles. The van der Waals surface area contributed by atoms with E-state index in [1.807, 2.05) is 63.5 Å². The third-order valence-corrected chi connectivity index (χ3v) is 4.38. The third kappa shape index (κ3) is 3.94. The summed E-state index contributed by atoms with van der Waals surface area (Å²) in [6, 6.07) is 17.6. The maximum Gasteiger partial charge on any atom is 0.265 e. The standard InChI is InChI=1S/C20H24N2O3/c1-14-19(25-18-12-8-7-11-17(18)24-14)20(23)21-13-16(22(2)3)15-9-5-4-6-10-15/h4-12,14,16,19H,13H2,1-3H3,(H,21,23)/t14-,16+,19-/m0/s1. The van der Waals surface area contributed by atoms with Crippen LogP contribution in [-0.4, -0.2) is 43.7 Å². The Morgan fingerprint density at radius 1 is 1.04 bits per heavy atom. The first kappa shape index (κ1) is 17.3. The summed E-state index contributed by atoms with van der Waals surface area (Å²) in [5.41, 5.74) is 1.16. The summed E-state index contributed by atoms with van der Waals surface area (Å²) < 4.78 is 11.7. The van der Waals surface area contributed by atoms with Crippen molar-refractivity contribution in [2.24, 2.45) is 0 Å². The maximum atomic E-state index is 12.6. The van der Waals surface area contributed by atoms with Crippen molar-refractivity contribution in [3.63, 3.8) is 0 Å². The zero-order valence-electron chi connectivity index (χ0n) is 14.8. The van der Waals surface area contributed by atoms with Gasteiger partial charge < -0.3 is 19.7 Å². The lowest BCUT2D eigenvalue weighted by molar-refractivity contribution is -0.133. The van der Waals surface area contributed by atoms with Gasteiger partial charge in [-0.05, 0) is 38.7 Å². The number of fused-ring (bicyclic) bond motifs is 1. The zero-order chi connectivity index (χ0) is 17.8. The van der Waals surface area contributed by atoms with Crippen molar-refractivity contribution in [3.8, 4) is 11.5 Å². The molecule has 3 rings (SSSR count). The fourth-order valence-corrected chi connectivity index (χ4v) is 2.98. The molecule has 3 atom stereocenters. The molecule has 2 aromatic carbocycles. The number of rotatable bonds is 5. The number of ether oxygens (including phenoxy) is 2. The summed E-state index contributed by atoms with van der Waals surface area (Å²) in [7, 11) is 4.01. The van der Waals surface area contributed by atoms with Crippen LogP contribution < -0.4 is 14.8 Å². The molecule has 1 aliphatic heterocycles. The molecule has 0 aromatic heterocycles. The fourth-order valence-electron chi connectivity index (χ4n) is 2.98. The van der Waals surface area contributed by atoms with Crippen LogP contribution >= 0.6 is 0 Å². The van der Waals surface area contributed by atoms with Crippen molar-refractivity contribution < 1.29 is 14.3 Å². The molecule has 132 valence electrons. The van der Waals surface area contributed by atoms with Crippen molar-refractivity contribution in [2.45, 2.75) is 25.2 Å². The first-order valence-corrected chi connectivity index (χ1v) is 8.47. The van der Waals surface area contributed by atoms with Crippen molar-refractivity contribution in [3.05, 3.63) is 60.2 Å². The van der Waals surface area contributed by atoms with Crippen LogP contribution in [0.25, 0.3) is 0 Å². The molecule has 2 aromatic rings. The Hall–Kier alpha value is -2.53. The van der Waals surface area contributed by atoms with Gasteiger partial charge in [0.1, 0.15) is 6.10 Å². The van der Waals surface area contributed by atoms with Gasteiger partial charge in [-0.1, -0.05) is 42.5 Å². The van der Waals surface area contributed by atoms with E-state index < -0.39 is 6.10 Å². The average molecular weight is 340 g/mol. The molecule has 0 unspecified atom stereocenters. The number of nitrogens with one attached hydrogen (secondary N) is 1. The number of nitrogens with zero attached hydrogens (tertiary/aromatic N) is 1. The number of para-hydroxylation sites is 2. The highest BCUT2D eigenvalue weighted by Crippen LogP contribution is 2.33. The van der Waals surface area contributed by atoms with Crippen molar-refractivity contribution in [1.29, 1.82) is 0 Å². The Morgan fingerprint density at radius 3 is 2.28 bits per heavy atom. The number of hydrogen-bond donors (Lipinski definition) is 1. The molecular weight excluding hydrogens is 316 g/mol. The van der Waals surface area contributed by atoms with Crippen LogP contribution in [0.4, 0.5) is 0 Å². The maximum absolute atomic E-state index is 12.6. The van der Waals surface area contributed by atoms with E-state index in [1.54, 1.807) is 0 Å². The molecule has 1 amide bonds. The molecule has 0 bridgehead atoms. The lowest BCUT2D eigenvalue weighted by Crippen LogP contribution is -2.50. The smallest absolute Gasteiger partial charge is 0.265 e. The third-order valence-electron chi connectivity index (χ3n) is 4.38. The lowest BCUT2D eigenvalue weighted by atomic mass is 10.1. The Bertz CT molecular complexity index is 718. The topological polar surface area (TPSA) is 50.8 Å². The minimum absolute atomic E-state index is 0.0947. The molecule has 1 N–H and O–H groups in total. The molecule has 5 nitrogen and oxygen atoms in total. The number of carbonyl (C=O) groups excluding carboxylic acids is 1. The number of benzene rings is 2. The molecule has 5 heteroatoms. The van der Waals surface area contributed by atoms with Crippen LogP contribution in [0.3, 0.4) is 0 Å². The Labute approximate surface area is 148 Å². The highest BCUT2D eigenvalue weighted by atomic mass is 16.6. The minimum Gasteiger partial charge on any atom is -0.482 e. The van der Waals surface area contributed by atoms with Gasteiger partial charge in [0.05, 0.1) is 6.04 Å². The van der Waals surface area contributed by atoms with E-state index in [2.05, 4.69) is 22.3 Å². The van der Waals surface area contributed by atoms with Gasteiger partial charge in [0.15, 0.2) is 11.5 Å². The van der Waals surface area contributed by atoms with Crippen LogP contribution in [0, 0.1) is 0 Å². The number of likely N-dealkylation sites (N-methyl/N-ethyl adjacent to an activating group) is 1. The summed E-state index contributed by atoms with van der Waals surface area (Å²) in [6.07, 6.45) is -1.00. The van der Waals surface area contributed by atoms with Crippen LogP contribution in [-0.2, 0) is 4.79 Å². The molecular formula is C20H24N2O3. The second-order valence-corrected chi connectivity index (χ2v) is 6.44. The molecule has 0 saturated carbocycles. The fraction of sp³-hybridized carbons (Fsp3) is 0.350. The second-order valence-electron chi connectivity index (χ2n) is 6.44. The van der Waals surface area contributed by atoms with Crippen molar-refractivity contribution in [2.75, 3.05) is 20.6 Å². The SMILES string of the molecule is C[C@@H]1Oc2ccccc2O[C@@H]1C(=O)NC[C@H](c1ccccc1)N(C)C. The summed E-state index contributed by atoms with van der Waals surface area (Å²) in [4.78, 5) is 14.7.